The monoisotopic (exact) mass is 348 g/mol. The molecule has 8 heteroatoms. The van der Waals surface area contributed by atoms with Gasteiger partial charge in [0.1, 0.15) is 5.69 Å². The molecule has 0 saturated heterocycles. The summed E-state index contributed by atoms with van der Waals surface area (Å²) in [4.78, 5) is 22.1. The van der Waals surface area contributed by atoms with Gasteiger partial charge in [-0.05, 0) is 18.2 Å². The summed E-state index contributed by atoms with van der Waals surface area (Å²) >= 11 is 1.48. The quantitative estimate of drug-likeness (QED) is 0.898. The van der Waals surface area contributed by atoms with Crippen LogP contribution in [0.1, 0.15) is 21.1 Å². The van der Waals surface area contributed by atoms with Gasteiger partial charge in [0, 0.05) is 37.8 Å². The molecule has 2 rings (SSSR count). The number of nitrogens with two attached hydrogens (primary N) is 1. The van der Waals surface area contributed by atoms with Crippen LogP contribution in [0.5, 0.6) is 0 Å². The summed E-state index contributed by atoms with van der Waals surface area (Å²) in [7, 11) is 1.76. The molecule has 0 fully saturated rings. The number of hydrogen-bond donors (Lipinski definition) is 1. The summed E-state index contributed by atoms with van der Waals surface area (Å²) < 4.78 is 0. The lowest BCUT2D eigenvalue weighted by molar-refractivity contribution is 0.0780. The average molecular weight is 349 g/mol. The van der Waals surface area contributed by atoms with Crippen molar-refractivity contribution < 1.29 is 4.79 Å². The molecule has 0 aliphatic rings. The Morgan fingerprint density at radius 1 is 1.43 bits per heavy atom. The molecule has 0 spiro atoms. The van der Waals surface area contributed by atoms with Crippen molar-refractivity contribution in [1.29, 1.82) is 0 Å². The van der Waals surface area contributed by atoms with E-state index in [9.17, 15) is 4.79 Å². The van der Waals surface area contributed by atoms with Crippen molar-refractivity contribution in [2.45, 2.75) is 13.0 Å². The molecule has 2 aromatic rings. The first kappa shape index (κ1) is 19.8. The Kier molecular flexibility index (Phi) is 9.12. The van der Waals surface area contributed by atoms with Crippen LogP contribution in [0.4, 0.5) is 0 Å². The molecule has 21 heavy (non-hydrogen) atoms. The fourth-order valence-electron chi connectivity index (χ4n) is 1.68. The zero-order valence-corrected chi connectivity index (χ0v) is 14.0. The predicted molar refractivity (Wildman–Crippen MR) is 89.4 cm³/mol. The molecule has 0 aliphatic carbocycles. The van der Waals surface area contributed by atoms with E-state index in [-0.39, 0.29) is 30.7 Å². The first-order chi connectivity index (χ1) is 9.20. The molecule has 0 aliphatic heterocycles. The smallest absolute Gasteiger partial charge is 0.273 e. The van der Waals surface area contributed by atoms with Gasteiger partial charge in [-0.3, -0.25) is 9.78 Å². The topological polar surface area (TPSA) is 72.1 Å². The Morgan fingerprint density at radius 2 is 2.19 bits per heavy atom. The van der Waals surface area contributed by atoms with E-state index in [1.54, 1.807) is 29.7 Å². The number of aromatic nitrogens is 2. The van der Waals surface area contributed by atoms with Crippen LogP contribution in [0.2, 0.25) is 0 Å². The van der Waals surface area contributed by atoms with Gasteiger partial charge in [-0.1, -0.05) is 6.07 Å². The molecule has 0 radical (unpaired) electrons. The Balaban J connectivity index is 0.00000200. The third kappa shape index (κ3) is 5.59. The van der Waals surface area contributed by atoms with Crippen LogP contribution < -0.4 is 5.73 Å². The number of carbonyl (C=O) groups is 1. The lowest BCUT2D eigenvalue weighted by Gasteiger charge is -2.15. The summed E-state index contributed by atoms with van der Waals surface area (Å²) in [5.74, 6) is -0.0802. The van der Waals surface area contributed by atoms with Gasteiger partial charge in [0.15, 0.2) is 0 Å². The summed E-state index contributed by atoms with van der Waals surface area (Å²) in [5, 5.41) is 2.69. The maximum absolute atomic E-state index is 12.2. The van der Waals surface area contributed by atoms with Crippen LogP contribution in [0.3, 0.4) is 0 Å². The number of thiazole rings is 1. The first-order valence-electron chi connectivity index (χ1n) is 5.99. The minimum Gasteiger partial charge on any atom is -0.336 e. The Labute approximate surface area is 140 Å². The Morgan fingerprint density at radius 3 is 2.81 bits per heavy atom. The van der Waals surface area contributed by atoms with Crippen LogP contribution >= 0.6 is 36.2 Å². The van der Waals surface area contributed by atoms with Gasteiger partial charge >= 0.3 is 0 Å². The van der Waals surface area contributed by atoms with E-state index in [4.69, 9.17) is 5.73 Å². The number of carbonyl (C=O) groups excluding carboxylic acids is 1. The summed E-state index contributed by atoms with van der Waals surface area (Å²) in [5.41, 5.74) is 6.95. The fourth-order valence-corrected chi connectivity index (χ4v) is 2.47. The van der Waals surface area contributed by atoms with Crippen molar-refractivity contribution in [3.63, 3.8) is 0 Å². The van der Waals surface area contributed by atoms with Crippen molar-refractivity contribution in [2.75, 3.05) is 13.6 Å². The molecule has 2 N–H and O–H groups in total. The van der Waals surface area contributed by atoms with E-state index < -0.39 is 0 Å². The van der Waals surface area contributed by atoms with Gasteiger partial charge in [-0.25, -0.2) is 4.98 Å². The van der Waals surface area contributed by atoms with Gasteiger partial charge in [0.25, 0.3) is 5.91 Å². The Hall–Kier alpha value is -1.21. The van der Waals surface area contributed by atoms with E-state index in [1.165, 1.54) is 11.3 Å². The standard InChI is InChI=1S/C13H16N4OS.2ClH/c1-17(8-10-3-2-6-15-7-10)13(18)11-9-19-12(16-11)4-5-14;;/h2-3,6-7,9H,4-5,8,14H2,1H3;2*1H. The third-order valence-electron chi connectivity index (χ3n) is 2.62. The molecule has 0 bridgehead atoms. The normalized spacial score (nSPS) is 9.43. The number of hydrogen-bond acceptors (Lipinski definition) is 5. The summed E-state index contributed by atoms with van der Waals surface area (Å²) in [6.45, 7) is 1.07. The number of halogens is 2. The van der Waals surface area contributed by atoms with Gasteiger partial charge in [-0.15, -0.1) is 36.2 Å². The second-order valence-electron chi connectivity index (χ2n) is 4.19. The molecule has 5 nitrogen and oxygen atoms in total. The van der Waals surface area contributed by atoms with Gasteiger partial charge < -0.3 is 10.6 Å². The van der Waals surface area contributed by atoms with E-state index >= 15 is 0 Å². The van der Waals surface area contributed by atoms with E-state index in [2.05, 4.69) is 9.97 Å². The van der Waals surface area contributed by atoms with E-state index in [0.717, 1.165) is 10.6 Å². The second-order valence-corrected chi connectivity index (χ2v) is 5.13. The zero-order valence-electron chi connectivity index (χ0n) is 11.6. The Bertz CT molecular complexity index is 550. The maximum atomic E-state index is 12.2. The molecule has 2 heterocycles. The van der Waals surface area contributed by atoms with Gasteiger partial charge in [0.05, 0.1) is 5.01 Å². The van der Waals surface area contributed by atoms with Crippen molar-refractivity contribution in [3.05, 3.63) is 46.2 Å². The highest BCUT2D eigenvalue weighted by molar-refractivity contribution is 7.09. The minimum absolute atomic E-state index is 0. The molecular weight excluding hydrogens is 331 g/mol. The predicted octanol–water partition coefficient (Wildman–Crippen LogP) is 2.16. The van der Waals surface area contributed by atoms with E-state index in [0.29, 0.717) is 25.2 Å². The molecule has 0 saturated carbocycles. The number of amides is 1. The zero-order chi connectivity index (χ0) is 13.7. The number of nitrogens with zero attached hydrogens (tertiary/aromatic N) is 3. The third-order valence-corrected chi connectivity index (χ3v) is 3.53. The second kappa shape index (κ2) is 9.68. The highest BCUT2D eigenvalue weighted by Crippen LogP contribution is 2.13. The van der Waals surface area contributed by atoms with Crippen LogP contribution in [0.25, 0.3) is 0 Å². The van der Waals surface area contributed by atoms with Crippen LogP contribution in [0.15, 0.2) is 29.9 Å². The number of rotatable bonds is 5. The number of pyridine rings is 1. The van der Waals surface area contributed by atoms with Crippen LogP contribution in [-0.4, -0.2) is 34.4 Å². The molecule has 1 amide bonds. The molecular formula is C13H18Cl2N4OS. The lowest BCUT2D eigenvalue weighted by atomic mass is 10.2. The maximum Gasteiger partial charge on any atom is 0.273 e. The first-order valence-corrected chi connectivity index (χ1v) is 6.87. The SMILES string of the molecule is CN(Cc1cccnc1)C(=O)c1csc(CCN)n1.Cl.Cl. The van der Waals surface area contributed by atoms with Gasteiger partial charge in [0.2, 0.25) is 0 Å². The molecule has 0 atom stereocenters. The molecule has 0 unspecified atom stereocenters. The highest BCUT2D eigenvalue weighted by Gasteiger charge is 2.15. The fraction of sp³-hybridized carbons (Fsp3) is 0.308. The minimum atomic E-state index is -0.0802. The van der Waals surface area contributed by atoms with Crippen molar-refractivity contribution >= 4 is 42.1 Å². The molecule has 0 aromatic carbocycles. The van der Waals surface area contributed by atoms with E-state index in [1.807, 2.05) is 12.1 Å². The summed E-state index contributed by atoms with van der Waals surface area (Å²) in [6, 6.07) is 3.80. The largest absolute Gasteiger partial charge is 0.336 e. The average Bonchev–Trinajstić information content (AvgIpc) is 2.88. The molecule has 2 aromatic heterocycles. The highest BCUT2D eigenvalue weighted by atomic mass is 35.5. The van der Waals surface area contributed by atoms with Gasteiger partial charge in [-0.2, -0.15) is 0 Å². The van der Waals surface area contributed by atoms with Crippen molar-refractivity contribution in [2.24, 2.45) is 5.73 Å². The van der Waals surface area contributed by atoms with Crippen molar-refractivity contribution in [1.82, 2.24) is 14.9 Å². The van der Waals surface area contributed by atoms with Crippen molar-refractivity contribution in [3.8, 4) is 0 Å². The molecule has 116 valence electrons. The van der Waals surface area contributed by atoms with Crippen LogP contribution in [-0.2, 0) is 13.0 Å². The lowest BCUT2D eigenvalue weighted by Crippen LogP contribution is -2.26. The summed E-state index contributed by atoms with van der Waals surface area (Å²) in [6.07, 6.45) is 4.18. The van der Waals surface area contributed by atoms with Crippen LogP contribution in [0, 0.1) is 0 Å².